The molecule has 1 unspecified atom stereocenters. The highest BCUT2D eigenvalue weighted by molar-refractivity contribution is 6.33. The van der Waals surface area contributed by atoms with Gasteiger partial charge in [-0.25, -0.2) is 4.98 Å². The van der Waals surface area contributed by atoms with Crippen molar-refractivity contribution in [3.8, 4) is 0 Å². The molecule has 1 aliphatic heterocycles. The second-order valence-electron chi connectivity index (χ2n) is 4.49. The number of pyridine rings is 1. The van der Waals surface area contributed by atoms with Crippen LogP contribution in [0, 0.1) is 0 Å². The molecule has 0 bridgehead atoms. The highest BCUT2D eigenvalue weighted by Gasteiger charge is 2.25. The van der Waals surface area contributed by atoms with Crippen LogP contribution in [0.15, 0.2) is 12.1 Å². The molecule has 104 valence electrons. The third kappa shape index (κ3) is 3.36. The number of hydrogen-bond donors (Lipinski definition) is 1. The molecule has 6 heteroatoms. The number of anilines is 1. The van der Waals surface area contributed by atoms with Crippen molar-refractivity contribution in [3.05, 3.63) is 22.8 Å². The first kappa shape index (κ1) is 14.1. The fraction of sp³-hybridized carbons (Fsp3) is 0.538. The molecule has 2 rings (SSSR count). The van der Waals surface area contributed by atoms with Gasteiger partial charge in [0.05, 0.1) is 17.7 Å². The Labute approximate surface area is 117 Å². The van der Waals surface area contributed by atoms with E-state index in [9.17, 15) is 4.79 Å². The van der Waals surface area contributed by atoms with Crippen LogP contribution >= 0.6 is 11.6 Å². The Kier molecular flexibility index (Phi) is 4.61. The van der Waals surface area contributed by atoms with E-state index in [2.05, 4.69) is 10.3 Å². The zero-order valence-corrected chi connectivity index (χ0v) is 11.9. The molecule has 1 aromatic rings. The van der Waals surface area contributed by atoms with Gasteiger partial charge in [0.15, 0.2) is 0 Å². The minimum atomic E-state index is -0.139. The molecule has 1 N–H and O–H groups in total. The fourth-order valence-corrected chi connectivity index (χ4v) is 2.21. The maximum absolute atomic E-state index is 12.4. The van der Waals surface area contributed by atoms with Gasteiger partial charge in [-0.1, -0.05) is 11.6 Å². The summed E-state index contributed by atoms with van der Waals surface area (Å²) in [6, 6.07) is 3.47. The highest BCUT2D eigenvalue weighted by atomic mass is 35.5. The van der Waals surface area contributed by atoms with Gasteiger partial charge in [-0.05, 0) is 26.0 Å². The van der Waals surface area contributed by atoms with Gasteiger partial charge in [0, 0.05) is 19.6 Å². The predicted octanol–water partition coefficient (Wildman–Crippen LogP) is 2.03. The van der Waals surface area contributed by atoms with Gasteiger partial charge < -0.3 is 15.0 Å². The van der Waals surface area contributed by atoms with E-state index in [-0.39, 0.29) is 12.0 Å². The molecule has 0 spiro atoms. The first-order chi connectivity index (χ1) is 9.11. The molecule has 1 aliphatic rings. The summed E-state index contributed by atoms with van der Waals surface area (Å²) in [5, 5.41) is 3.46. The fourth-order valence-electron chi connectivity index (χ4n) is 2.02. The summed E-state index contributed by atoms with van der Waals surface area (Å²) < 4.78 is 5.43. The maximum atomic E-state index is 12.4. The lowest BCUT2D eigenvalue weighted by atomic mass is 10.2. The molecule has 1 saturated heterocycles. The summed E-state index contributed by atoms with van der Waals surface area (Å²) in [5.74, 6) is 0.525. The Morgan fingerprint density at radius 2 is 2.42 bits per heavy atom. The SMILES string of the molecule is CCNc1ccc(Cl)c(C(=O)N2CCOC(C)C2)n1. The lowest BCUT2D eigenvalue weighted by molar-refractivity contribution is -0.0126. The smallest absolute Gasteiger partial charge is 0.274 e. The first-order valence-electron chi connectivity index (χ1n) is 6.43. The monoisotopic (exact) mass is 283 g/mol. The molecule has 0 aliphatic carbocycles. The Hall–Kier alpha value is -1.33. The number of carbonyl (C=O) groups excluding carboxylic acids is 1. The van der Waals surface area contributed by atoms with Gasteiger partial charge in [-0.15, -0.1) is 0 Å². The van der Waals surface area contributed by atoms with Crippen molar-refractivity contribution in [3.63, 3.8) is 0 Å². The Bertz CT molecular complexity index is 467. The van der Waals surface area contributed by atoms with E-state index in [1.165, 1.54) is 0 Å². The third-order valence-electron chi connectivity index (χ3n) is 2.93. The van der Waals surface area contributed by atoms with Crippen molar-refractivity contribution in [2.75, 3.05) is 31.6 Å². The van der Waals surface area contributed by atoms with Crippen LogP contribution in [-0.2, 0) is 4.74 Å². The molecule has 1 fully saturated rings. The topological polar surface area (TPSA) is 54.5 Å². The Morgan fingerprint density at radius 1 is 1.63 bits per heavy atom. The van der Waals surface area contributed by atoms with Gasteiger partial charge in [-0.3, -0.25) is 4.79 Å². The van der Waals surface area contributed by atoms with E-state index in [4.69, 9.17) is 16.3 Å². The number of aromatic nitrogens is 1. The van der Waals surface area contributed by atoms with Crippen LogP contribution in [0.25, 0.3) is 0 Å². The Balaban J connectivity index is 2.19. The molecular weight excluding hydrogens is 266 g/mol. The van der Waals surface area contributed by atoms with Crippen LogP contribution in [0.3, 0.4) is 0 Å². The van der Waals surface area contributed by atoms with E-state index in [0.717, 1.165) is 6.54 Å². The van der Waals surface area contributed by atoms with Crippen molar-refractivity contribution < 1.29 is 9.53 Å². The van der Waals surface area contributed by atoms with Crippen molar-refractivity contribution in [1.82, 2.24) is 9.88 Å². The molecule has 0 saturated carbocycles. The van der Waals surface area contributed by atoms with Gasteiger partial charge in [0.1, 0.15) is 11.5 Å². The zero-order valence-electron chi connectivity index (χ0n) is 11.1. The van der Waals surface area contributed by atoms with Crippen molar-refractivity contribution in [1.29, 1.82) is 0 Å². The largest absolute Gasteiger partial charge is 0.375 e. The number of ether oxygens (including phenoxy) is 1. The molecule has 1 amide bonds. The standard InChI is InChI=1S/C13H18ClN3O2/c1-3-15-11-5-4-10(14)12(16-11)13(18)17-6-7-19-9(2)8-17/h4-5,9H,3,6-8H2,1-2H3,(H,15,16). The van der Waals surface area contributed by atoms with Gasteiger partial charge in [-0.2, -0.15) is 0 Å². The Morgan fingerprint density at radius 3 is 3.11 bits per heavy atom. The summed E-state index contributed by atoms with van der Waals surface area (Å²) in [5.41, 5.74) is 0.300. The van der Waals surface area contributed by atoms with E-state index >= 15 is 0 Å². The van der Waals surface area contributed by atoms with Crippen molar-refractivity contribution in [2.24, 2.45) is 0 Å². The van der Waals surface area contributed by atoms with Crippen molar-refractivity contribution in [2.45, 2.75) is 20.0 Å². The summed E-state index contributed by atoms with van der Waals surface area (Å²) in [6.45, 7) is 6.37. The van der Waals surface area contributed by atoms with Crippen LogP contribution < -0.4 is 5.32 Å². The van der Waals surface area contributed by atoms with E-state index in [1.54, 1.807) is 17.0 Å². The second-order valence-corrected chi connectivity index (χ2v) is 4.90. The molecule has 1 atom stereocenters. The lowest BCUT2D eigenvalue weighted by Crippen LogP contribution is -2.44. The molecule has 0 radical (unpaired) electrons. The molecule has 19 heavy (non-hydrogen) atoms. The summed E-state index contributed by atoms with van der Waals surface area (Å²) in [4.78, 5) is 18.4. The first-order valence-corrected chi connectivity index (χ1v) is 6.81. The minimum absolute atomic E-state index is 0.0495. The quantitative estimate of drug-likeness (QED) is 0.922. The molecule has 0 aromatic carbocycles. The highest BCUT2D eigenvalue weighted by Crippen LogP contribution is 2.19. The summed E-state index contributed by atoms with van der Waals surface area (Å²) in [7, 11) is 0. The second kappa shape index (κ2) is 6.21. The lowest BCUT2D eigenvalue weighted by Gasteiger charge is -2.31. The van der Waals surface area contributed by atoms with Gasteiger partial charge >= 0.3 is 0 Å². The summed E-state index contributed by atoms with van der Waals surface area (Å²) >= 11 is 6.08. The van der Waals surface area contributed by atoms with Crippen LogP contribution in [0.1, 0.15) is 24.3 Å². The van der Waals surface area contributed by atoms with E-state index < -0.39 is 0 Å². The van der Waals surface area contributed by atoms with Gasteiger partial charge in [0.25, 0.3) is 5.91 Å². The molecular formula is C13H18ClN3O2. The third-order valence-corrected chi connectivity index (χ3v) is 3.24. The normalized spacial score (nSPS) is 19.3. The number of halogens is 1. The zero-order chi connectivity index (χ0) is 13.8. The number of morpholine rings is 1. The molecule has 5 nitrogen and oxygen atoms in total. The minimum Gasteiger partial charge on any atom is -0.375 e. The summed E-state index contributed by atoms with van der Waals surface area (Å²) in [6.07, 6.45) is 0.0495. The van der Waals surface area contributed by atoms with Crippen molar-refractivity contribution >= 4 is 23.3 Å². The van der Waals surface area contributed by atoms with Crippen LogP contribution in [-0.4, -0.2) is 48.1 Å². The van der Waals surface area contributed by atoms with E-state index in [0.29, 0.717) is 36.2 Å². The number of carbonyl (C=O) groups is 1. The number of hydrogen-bond acceptors (Lipinski definition) is 4. The number of rotatable bonds is 3. The average molecular weight is 284 g/mol. The maximum Gasteiger partial charge on any atom is 0.274 e. The average Bonchev–Trinajstić information content (AvgIpc) is 2.40. The molecule has 1 aromatic heterocycles. The number of amides is 1. The van der Waals surface area contributed by atoms with E-state index in [1.807, 2.05) is 13.8 Å². The van der Waals surface area contributed by atoms with Gasteiger partial charge in [0.2, 0.25) is 0 Å². The van der Waals surface area contributed by atoms with Crippen LogP contribution in [0.4, 0.5) is 5.82 Å². The van der Waals surface area contributed by atoms with Crippen LogP contribution in [0.2, 0.25) is 5.02 Å². The number of nitrogens with zero attached hydrogens (tertiary/aromatic N) is 2. The predicted molar refractivity (Wildman–Crippen MR) is 74.7 cm³/mol. The van der Waals surface area contributed by atoms with Crippen LogP contribution in [0.5, 0.6) is 0 Å². The molecule has 2 heterocycles. The number of nitrogens with one attached hydrogen (secondary N) is 1.